The Labute approximate surface area is 242 Å². The number of esters is 1. The van der Waals surface area contributed by atoms with E-state index < -0.39 is 47.7 Å². The van der Waals surface area contributed by atoms with Crippen LogP contribution in [0.15, 0.2) is 24.3 Å². The van der Waals surface area contributed by atoms with Crippen LogP contribution in [-0.2, 0) is 28.7 Å². The van der Waals surface area contributed by atoms with E-state index in [-0.39, 0.29) is 49.3 Å². The predicted octanol–water partition coefficient (Wildman–Crippen LogP) is 2.10. The first kappa shape index (κ1) is 29.8. The van der Waals surface area contributed by atoms with E-state index in [1.165, 1.54) is 0 Å². The molecule has 0 aromatic heterocycles. The SMILES string of the molecule is CC[C@H](C)[C@H](CO)N1C(=O)[C@@H]2[C@H]3C(=O)O[C@H](C)CNC(=O)CC/C=C\[C@H]3O[C@@]23C=CCN(C2CCCCC2)C(=O)[C@@H]13. The van der Waals surface area contributed by atoms with E-state index in [9.17, 15) is 24.3 Å². The molecule has 8 atom stereocenters. The molecule has 1 saturated carbocycles. The Morgan fingerprint density at radius 2 is 1.88 bits per heavy atom. The average molecular weight is 572 g/mol. The van der Waals surface area contributed by atoms with Crippen LogP contribution in [-0.4, -0.2) is 94.2 Å². The zero-order valence-corrected chi connectivity index (χ0v) is 24.5. The van der Waals surface area contributed by atoms with E-state index in [0.29, 0.717) is 19.4 Å². The molecule has 2 N–H and O–H groups in total. The fourth-order valence-corrected chi connectivity index (χ4v) is 7.51. The number of allylic oxidation sites excluding steroid dienone is 1. The molecule has 5 aliphatic rings. The van der Waals surface area contributed by atoms with Crippen LogP contribution in [0.25, 0.3) is 0 Å². The zero-order chi connectivity index (χ0) is 29.3. The Kier molecular flexibility index (Phi) is 8.90. The van der Waals surface area contributed by atoms with Crippen molar-refractivity contribution in [2.45, 2.75) is 108 Å². The number of ether oxygens (including phenoxy) is 2. The van der Waals surface area contributed by atoms with Gasteiger partial charge in [0.2, 0.25) is 17.7 Å². The molecular weight excluding hydrogens is 526 g/mol. The summed E-state index contributed by atoms with van der Waals surface area (Å²) in [7, 11) is 0. The molecule has 1 aliphatic carbocycles. The number of fused-ring (bicyclic) bond motifs is 2. The molecule has 10 heteroatoms. The summed E-state index contributed by atoms with van der Waals surface area (Å²) in [6.07, 6.45) is 12.4. The van der Waals surface area contributed by atoms with E-state index in [2.05, 4.69) is 5.32 Å². The Hall–Kier alpha value is -2.72. The van der Waals surface area contributed by atoms with E-state index in [1.807, 2.05) is 30.9 Å². The molecule has 2 saturated heterocycles. The van der Waals surface area contributed by atoms with Gasteiger partial charge in [0.1, 0.15) is 23.7 Å². The normalized spacial score (nSPS) is 37.1. The van der Waals surface area contributed by atoms with Crippen LogP contribution in [0.2, 0.25) is 0 Å². The third-order valence-corrected chi connectivity index (χ3v) is 9.86. The number of nitrogens with one attached hydrogen (secondary N) is 1. The molecule has 4 aliphatic heterocycles. The van der Waals surface area contributed by atoms with Gasteiger partial charge in [-0.05, 0) is 32.1 Å². The van der Waals surface area contributed by atoms with Gasteiger partial charge in [-0.2, -0.15) is 0 Å². The van der Waals surface area contributed by atoms with Gasteiger partial charge in [-0.15, -0.1) is 0 Å². The van der Waals surface area contributed by atoms with Crippen LogP contribution in [0, 0.1) is 17.8 Å². The molecule has 0 radical (unpaired) electrons. The first-order valence-electron chi connectivity index (χ1n) is 15.5. The van der Waals surface area contributed by atoms with Gasteiger partial charge in [-0.25, -0.2) is 0 Å². The quantitative estimate of drug-likeness (QED) is 0.382. The van der Waals surface area contributed by atoms with Gasteiger partial charge in [0, 0.05) is 19.0 Å². The average Bonchev–Trinajstić information content (AvgIpc) is 3.35. The summed E-state index contributed by atoms with van der Waals surface area (Å²) in [4.78, 5) is 58.6. The molecule has 0 aromatic rings. The smallest absolute Gasteiger partial charge is 0.313 e. The lowest BCUT2D eigenvalue weighted by Gasteiger charge is -2.42. The number of cyclic esters (lactones) is 1. The van der Waals surface area contributed by atoms with Crippen molar-refractivity contribution < 1.29 is 33.8 Å². The van der Waals surface area contributed by atoms with Crippen molar-refractivity contribution in [3.63, 3.8) is 0 Å². The molecule has 1 spiro atoms. The first-order valence-corrected chi connectivity index (χ1v) is 15.5. The molecule has 5 rings (SSSR count). The van der Waals surface area contributed by atoms with Crippen LogP contribution in [0.4, 0.5) is 0 Å². The topological polar surface area (TPSA) is 125 Å². The first-order chi connectivity index (χ1) is 19.7. The fraction of sp³-hybridized carbons (Fsp3) is 0.742. The predicted molar refractivity (Wildman–Crippen MR) is 150 cm³/mol. The Bertz CT molecular complexity index is 1090. The highest BCUT2D eigenvalue weighted by atomic mass is 16.6. The Morgan fingerprint density at radius 3 is 2.59 bits per heavy atom. The monoisotopic (exact) mass is 571 g/mol. The molecular formula is C31H45N3O7. The molecule has 4 heterocycles. The van der Waals surface area contributed by atoms with Crippen LogP contribution in [0.3, 0.4) is 0 Å². The summed E-state index contributed by atoms with van der Waals surface area (Å²) < 4.78 is 12.5. The van der Waals surface area contributed by atoms with Crippen molar-refractivity contribution in [3.8, 4) is 0 Å². The highest BCUT2D eigenvalue weighted by Crippen LogP contribution is 2.54. The number of hydrogen-bond acceptors (Lipinski definition) is 7. The van der Waals surface area contributed by atoms with Crippen molar-refractivity contribution in [3.05, 3.63) is 24.3 Å². The molecule has 226 valence electrons. The summed E-state index contributed by atoms with van der Waals surface area (Å²) in [5.41, 5.74) is -1.38. The zero-order valence-electron chi connectivity index (χ0n) is 24.5. The van der Waals surface area contributed by atoms with Crippen molar-refractivity contribution in [2.24, 2.45) is 17.8 Å². The molecule has 41 heavy (non-hydrogen) atoms. The van der Waals surface area contributed by atoms with E-state index >= 15 is 0 Å². The number of likely N-dealkylation sites (tertiary alicyclic amines) is 1. The molecule has 0 unspecified atom stereocenters. The Balaban J connectivity index is 1.60. The lowest BCUT2D eigenvalue weighted by Crippen LogP contribution is -2.60. The largest absolute Gasteiger partial charge is 0.460 e. The van der Waals surface area contributed by atoms with Gasteiger partial charge >= 0.3 is 5.97 Å². The van der Waals surface area contributed by atoms with Gasteiger partial charge in [0.25, 0.3) is 0 Å². The van der Waals surface area contributed by atoms with Crippen molar-refractivity contribution in [1.29, 1.82) is 0 Å². The second kappa shape index (κ2) is 12.3. The second-order valence-corrected chi connectivity index (χ2v) is 12.4. The van der Waals surface area contributed by atoms with E-state index in [0.717, 1.165) is 32.1 Å². The molecule has 0 bridgehead atoms. The third-order valence-electron chi connectivity index (χ3n) is 9.86. The van der Waals surface area contributed by atoms with Gasteiger partial charge in [0.05, 0.1) is 31.2 Å². The number of aliphatic hydroxyl groups excluding tert-OH is 1. The van der Waals surface area contributed by atoms with Gasteiger partial charge in [-0.3, -0.25) is 19.2 Å². The molecule has 3 amide bonds. The summed E-state index contributed by atoms with van der Waals surface area (Å²) in [6, 6.07) is -1.52. The highest BCUT2D eigenvalue weighted by molar-refractivity contribution is 5.99. The number of rotatable bonds is 5. The van der Waals surface area contributed by atoms with Crippen LogP contribution < -0.4 is 5.32 Å². The minimum Gasteiger partial charge on any atom is -0.460 e. The maximum absolute atomic E-state index is 14.6. The molecule has 3 fully saturated rings. The number of carbonyl (C=O) groups is 4. The van der Waals surface area contributed by atoms with Gasteiger partial charge in [0.15, 0.2) is 0 Å². The molecule has 0 aromatic carbocycles. The summed E-state index contributed by atoms with van der Waals surface area (Å²) in [5, 5.41) is 13.3. The minimum atomic E-state index is -1.38. The second-order valence-electron chi connectivity index (χ2n) is 12.4. The number of nitrogens with zero attached hydrogens (tertiary/aromatic N) is 2. The van der Waals surface area contributed by atoms with Crippen molar-refractivity contribution in [2.75, 3.05) is 19.7 Å². The number of carbonyl (C=O) groups excluding carboxylic acids is 4. The summed E-state index contributed by atoms with van der Waals surface area (Å²) >= 11 is 0. The number of aliphatic hydroxyl groups is 1. The molecule has 10 nitrogen and oxygen atoms in total. The lowest BCUT2D eigenvalue weighted by molar-refractivity contribution is -0.160. The Morgan fingerprint density at radius 1 is 1.12 bits per heavy atom. The van der Waals surface area contributed by atoms with Gasteiger partial charge in [-0.1, -0.05) is 63.8 Å². The maximum Gasteiger partial charge on any atom is 0.313 e. The van der Waals surface area contributed by atoms with Crippen LogP contribution in [0.5, 0.6) is 0 Å². The summed E-state index contributed by atoms with van der Waals surface area (Å²) in [6.45, 7) is 5.95. The van der Waals surface area contributed by atoms with Crippen LogP contribution >= 0.6 is 0 Å². The minimum absolute atomic E-state index is 0.0774. The number of amides is 3. The standard InChI is InChI=1S/C31H45N3O7/c1-4-19(2)22(18-35)34-27-29(38)33(21-11-6-5-7-12-21)16-10-15-31(27)26(28(34)37)25-23(41-31)13-8-9-14-24(36)32-17-20(3)40-30(25)39/h8,10,13,15,19-23,25-27,35H,4-7,9,11-12,14,16-18H2,1-3H3,(H,32,36)/b13-8-/t19-,20+,22-,23+,25-,26-,27+,31-/m0/s1. The van der Waals surface area contributed by atoms with Crippen LogP contribution in [0.1, 0.15) is 72.1 Å². The fourth-order valence-electron chi connectivity index (χ4n) is 7.51. The van der Waals surface area contributed by atoms with E-state index in [1.54, 1.807) is 24.0 Å². The lowest BCUT2D eigenvalue weighted by atomic mass is 9.77. The number of hydrogen-bond donors (Lipinski definition) is 2. The maximum atomic E-state index is 14.6. The third kappa shape index (κ3) is 5.33. The van der Waals surface area contributed by atoms with Crippen molar-refractivity contribution in [1.82, 2.24) is 15.1 Å². The van der Waals surface area contributed by atoms with Crippen molar-refractivity contribution >= 4 is 23.7 Å². The highest BCUT2D eigenvalue weighted by Gasteiger charge is 2.72. The van der Waals surface area contributed by atoms with E-state index in [4.69, 9.17) is 9.47 Å². The van der Waals surface area contributed by atoms with Gasteiger partial charge < -0.3 is 29.7 Å². The summed E-state index contributed by atoms with van der Waals surface area (Å²) in [5.74, 6) is -3.30.